The molecule has 5 rings (SSSR count). The number of nitrogens with zero attached hydrogens (tertiary/aromatic N) is 6. The predicted molar refractivity (Wildman–Crippen MR) is 145 cm³/mol. The molecule has 10 heteroatoms. The van der Waals surface area contributed by atoms with E-state index in [0.29, 0.717) is 0 Å². The highest BCUT2D eigenvalue weighted by molar-refractivity contribution is 9.10. The van der Waals surface area contributed by atoms with Gasteiger partial charge in [0.1, 0.15) is 22.5 Å². The Morgan fingerprint density at radius 2 is 1.83 bits per heavy atom. The third kappa shape index (κ3) is 5.33. The van der Waals surface area contributed by atoms with Crippen LogP contribution in [-0.2, 0) is 0 Å². The van der Waals surface area contributed by atoms with Gasteiger partial charge in [-0.3, -0.25) is 5.10 Å². The van der Waals surface area contributed by atoms with Crippen LogP contribution in [0.4, 0.5) is 17.2 Å². The molecule has 2 aromatic heterocycles. The van der Waals surface area contributed by atoms with Crippen LogP contribution in [0.15, 0.2) is 23.1 Å². The number of nitrogens with one attached hydrogen (secondary N) is 2. The van der Waals surface area contributed by atoms with Gasteiger partial charge in [-0.15, -0.1) is 0 Å². The quantitative estimate of drug-likeness (QED) is 0.418. The SMILES string of the molecule is CCCOc1cc(NCCN2CCCC2)c(C)c(N2CCN(c3ncnc4[nH]nc(Br)c34)CC2)c1. The summed E-state index contributed by atoms with van der Waals surface area (Å²) >= 11 is 3.54. The number of hydrogen-bond donors (Lipinski definition) is 2. The highest BCUT2D eigenvalue weighted by atomic mass is 79.9. The van der Waals surface area contributed by atoms with Gasteiger partial charge in [0.05, 0.1) is 12.0 Å². The van der Waals surface area contributed by atoms with E-state index in [1.807, 2.05) is 0 Å². The van der Waals surface area contributed by atoms with Gasteiger partial charge < -0.3 is 24.8 Å². The Labute approximate surface area is 215 Å². The van der Waals surface area contributed by atoms with E-state index < -0.39 is 0 Å². The predicted octanol–water partition coefficient (Wildman–Crippen LogP) is 4.05. The summed E-state index contributed by atoms with van der Waals surface area (Å²) in [5, 5.41) is 11.9. The van der Waals surface area contributed by atoms with Gasteiger partial charge in [-0.25, -0.2) is 9.97 Å². The summed E-state index contributed by atoms with van der Waals surface area (Å²) in [7, 11) is 0. The highest BCUT2D eigenvalue weighted by Gasteiger charge is 2.24. The molecule has 0 spiro atoms. The van der Waals surface area contributed by atoms with Crippen molar-refractivity contribution >= 4 is 44.2 Å². The van der Waals surface area contributed by atoms with E-state index in [9.17, 15) is 0 Å². The molecule has 0 radical (unpaired) electrons. The molecule has 0 amide bonds. The molecule has 2 saturated heterocycles. The summed E-state index contributed by atoms with van der Waals surface area (Å²) in [5.74, 6) is 1.87. The first-order valence-electron chi connectivity index (χ1n) is 12.7. The Morgan fingerprint density at radius 1 is 1.06 bits per heavy atom. The molecule has 3 aromatic rings. The van der Waals surface area contributed by atoms with Crippen molar-refractivity contribution in [3.8, 4) is 5.75 Å². The van der Waals surface area contributed by atoms with Crippen molar-refractivity contribution < 1.29 is 4.74 Å². The number of likely N-dealkylation sites (tertiary alicyclic amines) is 1. The van der Waals surface area contributed by atoms with Crippen molar-refractivity contribution in [2.75, 3.05) is 74.1 Å². The molecule has 2 N–H and O–H groups in total. The lowest BCUT2D eigenvalue weighted by molar-refractivity contribution is 0.317. The second kappa shape index (κ2) is 11.0. The largest absolute Gasteiger partial charge is 0.493 e. The van der Waals surface area contributed by atoms with Crippen LogP contribution in [0, 0.1) is 6.92 Å². The summed E-state index contributed by atoms with van der Waals surface area (Å²) in [5.41, 5.74) is 4.46. The number of benzene rings is 1. The summed E-state index contributed by atoms with van der Waals surface area (Å²) in [6, 6.07) is 4.38. The Kier molecular flexibility index (Phi) is 7.57. The number of anilines is 3. The second-order valence-electron chi connectivity index (χ2n) is 9.35. The molecule has 9 nitrogen and oxygen atoms in total. The fourth-order valence-electron chi connectivity index (χ4n) is 5.05. The van der Waals surface area contributed by atoms with E-state index in [4.69, 9.17) is 4.74 Å². The summed E-state index contributed by atoms with van der Waals surface area (Å²) in [4.78, 5) is 16.2. The Hall–Kier alpha value is -2.59. The van der Waals surface area contributed by atoms with Crippen molar-refractivity contribution in [2.24, 2.45) is 0 Å². The Balaban J connectivity index is 1.31. The third-order valence-electron chi connectivity index (χ3n) is 6.98. The van der Waals surface area contributed by atoms with Gasteiger partial charge in [-0.2, -0.15) is 5.10 Å². The molecule has 0 bridgehead atoms. The van der Waals surface area contributed by atoms with Crippen molar-refractivity contribution in [1.82, 2.24) is 25.1 Å². The summed E-state index contributed by atoms with van der Waals surface area (Å²) in [6.45, 7) is 13.2. The van der Waals surface area contributed by atoms with Gasteiger partial charge in [0, 0.05) is 62.8 Å². The topological polar surface area (TPSA) is 85.4 Å². The molecule has 0 atom stereocenters. The van der Waals surface area contributed by atoms with Crippen molar-refractivity contribution in [3.05, 3.63) is 28.6 Å². The smallest absolute Gasteiger partial charge is 0.161 e. The monoisotopic (exact) mass is 542 g/mol. The lowest BCUT2D eigenvalue weighted by Gasteiger charge is -2.38. The molecular formula is C25H35BrN8O. The maximum absolute atomic E-state index is 6.08. The zero-order valence-electron chi connectivity index (χ0n) is 20.7. The standard InChI is InChI=1S/C25H35BrN8O/c1-3-14-35-19-15-20(27-6-9-32-7-4-5-8-32)18(2)21(16-19)33-10-12-34(13-11-33)25-22-23(26)30-31-24(22)28-17-29-25/h15-17,27H,3-14H2,1-2H3,(H,28,29,30,31). The van der Waals surface area contributed by atoms with Gasteiger partial charge in [-0.05, 0) is 60.8 Å². The molecule has 0 unspecified atom stereocenters. The lowest BCUT2D eigenvalue weighted by Crippen LogP contribution is -2.47. The van der Waals surface area contributed by atoms with Gasteiger partial charge in [0.25, 0.3) is 0 Å². The minimum atomic E-state index is 0.729. The highest BCUT2D eigenvalue weighted by Crippen LogP contribution is 2.35. The number of aromatic amines is 1. The summed E-state index contributed by atoms with van der Waals surface area (Å²) in [6.07, 6.45) is 5.26. The van der Waals surface area contributed by atoms with E-state index >= 15 is 0 Å². The van der Waals surface area contributed by atoms with Crippen LogP contribution in [0.25, 0.3) is 11.0 Å². The van der Waals surface area contributed by atoms with Gasteiger partial charge in [0.15, 0.2) is 5.65 Å². The number of H-pyrrole nitrogens is 1. The van der Waals surface area contributed by atoms with Gasteiger partial charge >= 0.3 is 0 Å². The van der Waals surface area contributed by atoms with Crippen LogP contribution in [0.2, 0.25) is 0 Å². The fraction of sp³-hybridized carbons (Fsp3) is 0.560. The Bertz CT molecular complexity index is 1140. The van der Waals surface area contributed by atoms with Crippen LogP contribution in [-0.4, -0.2) is 84.0 Å². The zero-order valence-corrected chi connectivity index (χ0v) is 22.3. The van der Waals surface area contributed by atoms with E-state index in [2.05, 4.69) is 82.1 Å². The minimum absolute atomic E-state index is 0.729. The van der Waals surface area contributed by atoms with Crippen molar-refractivity contribution in [3.63, 3.8) is 0 Å². The number of piperazine rings is 1. The first kappa shape index (κ1) is 24.1. The fourth-order valence-corrected chi connectivity index (χ4v) is 5.51. The number of rotatable bonds is 9. The molecule has 0 saturated carbocycles. The average Bonchev–Trinajstić information content (AvgIpc) is 3.54. The zero-order chi connectivity index (χ0) is 24.2. The van der Waals surface area contributed by atoms with E-state index in [1.165, 1.54) is 42.9 Å². The van der Waals surface area contributed by atoms with Gasteiger partial charge in [0.2, 0.25) is 0 Å². The van der Waals surface area contributed by atoms with Crippen LogP contribution < -0.4 is 19.9 Å². The van der Waals surface area contributed by atoms with E-state index in [-0.39, 0.29) is 0 Å². The normalized spacial score (nSPS) is 16.9. The molecule has 2 aliphatic rings. The number of halogens is 1. The van der Waals surface area contributed by atoms with Crippen LogP contribution in [0.1, 0.15) is 31.7 Å². The molecule has 2 fully saturated rings. The number of aromatic nitrogens is 4. The van der Waals surface area contributed by atoms with Gasteiger partial charge in [-0.1, -0.05) is 6.92 Å². The van der Waals surface area contributed by atoms with Crippen LogP contribution >= 0.6 is 15.9 Å². The lowest BCUT2D eigenvalue weighted by atomic mass is 10.1. The average molecular weight is 544 g/mol. The van der Waals surface area contributed by atoms with Crippen molar-refractivity contribution in [2.45, 2.75) is 33.1 Å². The van der Waals surface area contributed by atoms with Crippen LogP contribution in [0.5, 0.6) is 5.75 Å². The minimum Gasteiger partial charge on any atom is -0.493 e. The molecule has 4 heterocycles. The maximum atomic E-state index is 6.08. The first-order chi connectivity index (χ1) is 17.1. The molecular weight excluding hydrogens is 508 g/mol. The molecule has 1 aromatic carbocycles. The molecule has 2 aliphatic heterocycles. The molecule has 0 aliphatic carbocycles. The number of hydrogen-bond acceptors (Lipinski definition) is 8. The molecule has 35 heavy (non-hydrogen) atoms. The van der Waals surface area contributed by atoms with E-state index in [0.717, 1.165) is 79.5 Å². The second-order valence-corrected chi connectivity index (χ2v) is 10.1. The third-order valence-corrected chi connectivity index (χ3v) is 7.56. The van der Waals surface area contributed by atoms with Crippen LogP contribution in [0.3, 0.4) is 0 Å². The summed E-state index contributed by atoms with van der Waals surface area (Å²) < 4.78 is 6.84. The Morgan fingerprint density at radius 3 is 2.60 bits per heavy atom. The number of ether oxygens (including phenoxy) is 1. The first-order valence-corrected chi connectivity index (χ1v) is 13.5. The van der Waals surface area contributed by atoms with Crippen molar-refractivity contribution in [1.29, 1.82) is 0 Å². The van der Waals surface area contributed by atoms with E-state index in [1.54, 1.807) is 6.33 Å². The molecule has 188 valence electrons. The number of fused-ring (bicyclic) bond motifs is 1. The maximum Gasteiger partial charge on any atom is 0.161 e.